The van der Waals surface area contributed by atoms with Crippen molar-refractivity contribution >= 4 is 5.78 Å². The number of carbonyl (C=O) groups is 1. The highest BCUT2D eigenvalue weighted by Crippen LogP contribution is 2.47. The molecule has 4 atom stereocenters. The highest BCUT2D eigenvalue weighted by Gasteiger charge is 2.52. The number of phenols is 1. The van der Waals surface area contributed by atoms with Crippen molar-refractivity contribution in [3.05, 3.63) is 35.3 Å². The number of methoxy groups -OCH3 is 1. The Balaban J connectivity index is 1.90. The molecular weight excluding hydrogens is 351 g/mol. The fourth-order valence-corrected chi connectivity index (χ4v) is 4.13. The standard InChI is InChI=1S/C21H27FO5/c1-5-12(2)15-10-21(20(9-17(15)23)26-11-27-21)13(3)6-14-7-18(24)19(25-4)8-16(14)22/h7-9,12-13,15,24H,5-6,10-11H2,1-4H3/t12?,13-,15+,21+/m0/s1. The van der Waals surface area contributed by atoms with Gasteiger partial charge in [0.1, 0.15) is 17.2 Å². The zero-order chi connectivity index (χ0) is 19.8. The van der Waals surface area contributed by atoms with Gasteiger partial charge in [0.05, 0.1) is 7.11 Å². The number of carbonyl (C=O) groups excluding carboxylic acids is 1. The van der Waals surface area contributed by atoms with Crippen LogP contribution in [0, 0.1) is 23.6 Å². The van der Waals surface area contributed by atoms with Crippen LogP contribution in [-0.4, -0.2) is 30.4 Å². The molecule has 0 radical (unpaired) electrons. The molecule has 27 heavy (non-hydrogen) atoms. The third kappa shape index (κ3) is 3.43. The van der Waals surface area contributed by atoms with E-state index in [0.717, 1.165) is 6.42 Å². The van der Waals surface area contributed by atoms with E-state index in [1.807, 2.05) is 6.92 Å². The molecule has 0 aromatic heterocycles. The lowest BCUT2D eigenvalue weighted by Gasteiger charge is -2.40. The number of rotatable bonds is 6. The summed E-state index contributed by atoms with van der Waals surface area (Å²) in [6, 6.07) is 2.57. The maximum atomic E-state index is 14.5. The van der Waals surface area contributed by atoms with Crippen LogP contribution in [0.5, 0.6) is 11.5 Å². The van der Waals surface area contributed by atoms with Crippen LogP contribution in [0.4, 0.5) is 4.39 Å². The summed E-state index contributed by atoms with van der Waals surface area (Å²) in [6.07, 6.45) is 3.32. The average molecular weight is 378 g/mol. The molecule has 0 saturated carbocycles. The second kappa shape index (κ2) is 7.50. The highest BCUT2D eigenvalue weighted by atomic mass is 19.1. The van der Waals surface area contributed by atoms with Crippen LogP contribution in [0.1, 0.15) is 39.2 Å². The van der Waals surface area contributed by atoms with Crippen molar-refractivity contribution < 1.29 is 28.5 Å². The van der Waals surface area contributed by atoms with Gasteiger partial charge in [-0.15, -0.1) is 0 Å². The molecule has 1 unspecified atom stereocenters. The van der Waals surface area contributed by atoms with Crippen LogP contribution in [0.15, 0.2) is 24.0 Å². The van der Waals surface area contributed by atoms with Gasteiger partial charge in [-0.2, -0.15) is 0 Å². The van der Waals surface area contributed by atoms with E-state index < -0.39 is 11.4 Å². The zero-order valence-corrected chi connectivity index (χ0v) is 16.3. The predicted octanol–water partition coefficient (Wildman–Crippen LogP) is 3.98. The van der Waals surface area contributed by atoms with Crippen molar-refractivity contribution in [2.45, 2.75) is 45.6 Å². The Morgan fingerprint density at radius 3 is 2.81 bits per heavy atom. The van der Waals surface area contributed by atoms with Crippen molar-refractivity contribution in [3.8, 4) is 11.5 Å². The quantitative estimate of drug-likeness (QED) is 0.811. The minimum Gasteiger partial charge on any atom is -0.504 e. The molecule has 0 amide bonds. The summed E-state index contributed by atoms with van der Waals surface area (Å²) in [6.45, 7) is 6.19. The van der Waals surface area contributed by atoms with Gasteiger partial charge in [-0.25, -0.2) is 4.39 Å². The minimum atomic E-state index is -0.746. The second-order valence-electron chi connectivity index (χ2n) is 7.62. The van der Waals surface area contributed by atoms with Gasteiger partial charge in [-0.3, -0.25) is 4.79 Å². The van der Waals surface area contributed by atoms with Crippen molar-refractivity contribution in [3.63, 3.8) is 0 Å². The first kappa shape index (κ1) is 19.7. The number of allylic oxidation sites excluding steroid dienone is 1. The van der Waals surface area contributed by atoms with Crippen molar-refractivity contribution in [2.75, 3.05) is 13.9 Å². The topological polar surface area (TPSA) is 65.0 Å². The first-order chi connectivity index (χ1) is 12.8. The molecule has 1 N–H and O–H groups in total. The molecule has 3 rings (SSSR count). The minimum absolute atomic E-state index is 0.0703. The largest absolute Gasteiger partial charge is 0.504 e. The molecule has 1 aromatic carbocycles. The fourth-order valence-electron chi connectivity index (χ4n) is 4.13. The number of phenolic OH excluding ortho intramolecular Hbond substituents is 1. The molecule has 5 nitrogen and oxygen atoms in total. The van der Waals surface area contributed by atoms with Crippen LogP contribution >= 0.6 is 0 Å². The molecule has 1 heterocycles. The van der Waals surface area contributed by atoms with Gasteiger partial charge >= 0.3 is 0 Å². The summed E-state index contributed by atoms with van der Waals surface area (Å²) in [5.41, 5.74) is -0.369. The first-order valence-corrected chi connectivity index (χ1v) is 9.40. The Morgan fingerprint density at radius 1 is 1.41 bits per heavy atom. The molecule has 2 aliphatic rings. The lowest BCUT2D eigenvalue weighted by Crippen LogP contribution is -2.46. The average Bonchev–Trinajstić information content (AvgIpc) is 3.06. The molecule has 1 aromatic rings. The molecule has 148 valence electrons. The third-order valence-corrected chi connectivity index (χ3v) is 6.11. The fraction of sp³-hybridized carbons (Fsp3) is 0.571. The Kier molecular flexibility index (Phi) is 5.47. The number of ether oxygens (including phenoxy) is 3. The Bertz CT molecular complexity index is 759. The Morgan fingerprint density at radius 2 is 2.15 bits per heavy atom. The zero-order valence-electron chi connectivity index (χ0n) is 16.3. The molecule has 1 aliphatic heterocycles. The van der Waals surface area contributed by atoms with E-state index in [0.29, 0.717) is 24.2 Å². The molecular formula is C21H27FO5. The highest BCUT2D eigenvalue weighted by molar-refractivity contribution is 5.94. The first-order valence-electron chi connectivity index (χ1n) is 9.40. The van der Waals surface area contributed by atoms with Crippen LogP contribution in [-0.2, 0) is 20.7 Å². The molecule has 1 aliphatic carbocycles. The van der Waals surface area contributed by atoms with Gasteiger partial charge < -0.3 is 19.3 Å². The molecule has 0 spiro atoms. The monoisotopic (exact) mass is 378 g/mol. The van der Waals surface area contributed by atoms with E-state index in [2.05, 4.69) is 13.8 Å². The summed E-state index contributed by atoms with van der Waals surface area (Å²) in [5, 5.41) is 10.0. The number of halogens is 1. The van der Waals surface area contributed by atoms with Crippen LogP contribution in [0.25, 0.3) is 0 Å². The number of benzene rings is 1. The Hall–Kier alpha value is -2.08. The summed E-state index contributed by atoms with van der Waals surface area (Å²) in [5.74, 6) is 0.106. The van der Waals surface area contributed by atoms with Crippen LogP contribution in [0.3, 0.4) is 0 Å². The van der Waals surface area contributed by atoms with Crippen LogP contribution < -0.4 is 4.74 Å². The SMILES string of the molecule is CCC(C)[C@H]1C[C@]2([C@@H](C)Cc3cc(O)c(OC)cc3F)OCOC2=CC1=O. The summed E-state index contributed by atoms with van der Waals surface area (Å²) in [7, 11) is 1.38. The van der Waals surface area contributed by atoms with Gasteiger partial charge in [0.25, 0.3) is 0 Å². The van der Waals surface area contributed by atoms with Crippen molar-refractivity contribution in [1.82, 2.24) is 0 Å². The summed E-state index contributed by atoms with van der Waals surface area (Å²) in [4.78, 5) is 12.5. The number of hydrogen-bond acceptors (Lipinski definition) is 5. The molecule has 0 bridgehead atoms. The number of aromatic hydroxyl groups is 1. The summed E-state index contributed by atoms with van der Waals surface area (Å²) >= 11 is 0. The Labute approximate surface area is 159 Å². The van der Waals surface area contributed by atoms with Gasteiger partial charge in [0.15, 0.2) is 24.1 Å². The second-order valence-corrected chi connectivity index (χ2v) is 7.62. The summed E-state index contributed by atoms with van der Waals surface area (Å²) < 4.78 is 31.0. The van der Waals surface area contributed by atoms with Gasteiger partial charge in [-0.1, -0.05) is 27.2 Å². The maximum absolute atomic E-state index is 14.5. The number of hydrogen-bond donors (Lipinski definition) is 1. The third-order valence-electron chi connectivity index (χ3n) is 6.11. The van der Waals surface area contributed by atoms with E-state index in [1.165, 1.54) is 19.2 Å². The van der Waals surface area contributed by atoms with Crippen LogP contribution in [0.2, 0.25) is 0 Å². The van der Waals surface area contributed by atoms with Gasteiger partial charge in [0, 0.05) is 18.1 Å². The lowest BCUT2D eigenvalue weighted by molar-refractivity contribution is -0.125. The van der Waals surface area contributed by atoms with Gasteiger partial charge in [-0.05, 0) is 36.3 Å². The van der Waals surface area contributed by atoms with E-state index in [4.69, 9.17) is 14.2 Å². The number of ketones is 1. The van der Waals surface area contributed by atoms with Crippen molar-refractivity contribution in [2.24, 2.45) is 17.8 Å². The molecule has 1 fully saturated rings. The predicted molar refractivity (Wildman–Crippen MR) is 97.9 cm³/mol. The van der Waals surface area contributed by atoms with E-state index in [1.54, 1.807) is 6.08 Å². The maximum Gasteiger partial charge on any atom is 0.189 e. The van der Waals surface area contributed by atoms with E-state index >= 15 is 0 Å². The smallest absolute Gasteiger partial charge is 0.189 e. The molecule has 6 heteroatoms. The lowest BCUT2D eigenvalue weighted by atomic mass is 9.69. The normalized spacial score (nSPS) is 26.8. The van der Waals surface area contributed by atoms with E-state index in [9.17, 15) is 14.3 Å². The molecule has 1 saturated heterocycles. The van der Waals surface area contributed by atoms with Gasteiger partial charge in [0.2, 0.25) is 0 Å². The van der Waals surface area contributed by atoms with Crippen molar-refractivity contribution in [1.29, 1.82) is 0 Å². The van der Waals surface area contributed by atoms with E-state index in [-0.39, 0.29) is 41.8 Å². The number of fused-ring (bicyclic) bond motifs is 1.